The van der Waals surface area contributed by atoms with Crippen LogP contribution in [0.4, 0.5) is 11.5 Å². The summed E-state index contributed by atoms with van der Waals surface area (Å²) in [6.45, 7) is 4.31. The molecule has 2 aromatic rings. The molecule has 1 heterocycles. The summed E-state index contributed by atoms with van der Waals surface area (Å²) in [4.78, 5) is 21.3. The minimum Gasteiger partial charge on any atom is -0.492 e. The van der Waals surface area contributed by atoms with Crippen LogP contribution in [-0.4, -0.2) is 28.5 Å². The van der Waals surface area contributed by atoms with Gasteiger partial charge in [0.1, 0.15) is 23.1 Å². The van der Waals surface area contributed by atoms with E-state index < -0.39 is 0 Å². The third-order valence-electron chi connectivity index (χ3n) is 4.46. The Morgan fingerprint density at radius 1 is 1.19 bits per heavy atom. The Balaban J connectivity index is 1.76. The second-order valence-electron chi connectivity index (χ2n) is 6.55. The van der Waals surface area contributed by atoms with Gasteiger partial charge in [0.15, 0.2) is 0 Å². The summed E-state index contributed by atoms with van der Waals surface area (Å²) in [6.07, 6.45) is 5.70. The fourth-order valence-electron chi connectivity index (χ4n) is 3.24. The van der Waals surface area contributed by atoms with Crippen LogP contribution in [0, 0.1) is 6.92 Å². The SMILES string of the molecule is CCOc1ccccc1Nc1cc(C(=O)NC2CCCCC2)nc(C)n1. The maximum Gasteiger partial charge on any atom is 0.270 e. The molecular formula is C20H26N4O2. The van der Waals surface area contributed by atoms with Gasteiger partial charge < -0.3 is 15.4 Å². The molecule has 1 aromatic heterocycles. The Kier molecular flexibility index (Phi) is 6.04. The molecule has 1 aliphatic carbocycles. The van der Waals surface area contributed by atoms with Gasteiger partial charge in [0.25, 0.3) is 5.91 Å². The van der Waals surface area contributed by atoms with Gasteiger partial charge in [-0.1, -0.05) is 31.4 Å². The molecule has 1 aliphatic rings. The van der Waals surface area contributed by atoms with Crippen molar-refractivity contribution in [3.63, 3.8) is 0 Å². The Morgan fingerprint density at radius 3 is 2.73 bits per heavy atom. The third-order valence-corrected chi connectivity index (χ3v) is 4.46. The molecule has 2 N–H and O–H groups in total. The monoisotopic (exact) mass is 354 g/mol. The van der Waals surface area contributed by atoms with Gasteiger partial charge in [-0.3, -0.25) is 4.79 Å². The first-order valence-electron chi connectivity index (χ1n) is 9.31. The number of carbonyl (C=O) groups is 1. The van der Waals surface area contributed by atoms with Crippen LogP contribution in [0.3, 0.4) is 0 Å². The van der Waals surface area contributed by atoms with E-state index in [1.54, 1.807) is 13.0 Å². The Bertz CT molecular complexity index is 757. The second-order valence-corrected chi connectivity index (χ2v) is 6.55. The second kappa shape index (κ2) is 8.65. The van der Waals surface area contributed by atoms with Crippen molar-refractivity contribution in [1.82, 2.24) is 15.3 Å². The van der Waals surface area contributed by atoms with E-state index in [9.17, 15) is 4.79 Å². The Labute approximate surface area is 154 Å². The lowest BCUT2D eigenvalue weighted by atomic mass is 9.95. The molecule has 6 heteroatoms. The van der Waals surface area contributed by atoms with Crippen LogP contribution in [-0.2, 0) is 0 Å². The van der Waals surface area contributed by atoms with Crippen LogP contribution < -0.4 is 15.4 Å². The number of hydrogen-bond donors (Lipinski definition) is 2. The molecular weight excluding hydrogens is 328 g/mol. The van der Waals surface area contributed by atoms with Gasteiger partial charge in [0.2, 0.25) is 0 Å². The highest BCUT2D eigenvalue weighted by Crippen LogP contribution is 2.27. The van der Waals surface area contributed by atoms with Crippen molar-refractivity contribution in [3.05, 3.63) is 41.9 Å². The molecule has 0 unspecified atom stereocenters. The van der Waals surface area contributed by atoms with E-state index in [1.165, 1.54) is 19.3 Å². The summed E-state index contributed by atoms with van der Waals surface area (Å²) in [6, 6.07) is 9.61. The third kappa shape index (κ3) is 4.71. The first-order valence-corrected chi connectivity index (χ1v) is 9.31. The maximum absolute atomic E-state index is 12.6. The summed E-state index contributed by atoms with van der Waals surface area (Å²) < 4.78 is 5.63. The van der Waals surface area contributed by atoms with Crippen LogP contribution >= 0.6 is 0 Å². The molecule has 1 fully saturated rings. The van der Waals surface area contributed by atoms with E-state index in [0.29, 0.717) is 23.9 Å². The molecule has 0 bridgehead atoms. The minimum atomic E-state index is -0.136. The predicted molar refractivity (Wildman–Crippen MR) is 102 cm³/mol. The van der Waals surface area contributed by atoms with Crippen LogP contribution in [0.2, 0.25) is 0 Å². The number of ether oxygens (including phenoxy) is 1. The van der Waals surface area contributed by atoms with Gasteiger partial charge in [-0.05, 0) is 38.8 Å². The van der Waals surface area contributed by atoms with E-state index in [2.05, 4.69) is 20.6 Å². The minimum absolute atomic E-state index is 0.136. The lowest BCUT2D eigenvalue weighted by Gasteiger charge is -2.22. The summed E-state index contributed by atoms with van der Waals surface area (Å²) in [5.74, 6) is 1.75. The molecule has 0 radical (unpaired) electrons. The molecule has 1 amide bonds. The van der Waals surface area contributed by atoms with Gasteiger partial charge in [-0.15, -0.1) is 0 Å². The molecule has 0 aliphatic heterocycles. The quantitative estimate of drug-likeness (QED) is 0.820. The number of amides is 1. The van der Waals surface area contributed by atoms with E-state index in [1.807, 2.05) is 31.2 Å². The van der Waals surface area contributed by atoms with E-state index >= 15 is 0 Å². The normalized spacial score (nSPS) is 14.7. The summed E-state index contributed by atoms with van der Waals surface area (Å²) in [7, 11) is 0. The van der Waals surface area contributed by atoms with E-state index in [4.69, 9.17) is 4.74 Å². The van der Waals surface area contributed by atoms with E-state index in [0.717, 1.165) is 24.3 Å². The number of rotatable bonds is 6. The molecule has 0 atom stereocenters. The molecule has 0 saturated heterocycles. The van der Waals surface area contributed by atoms with Crippen LogP contribution in [0.15, 0.2) is 30.3 Å². The fourth-order valence-corrected chi connectivity index (χ4v) is 3.24. The van der Waals surface area contributed by atoms with Crippen LogP contribution in [0.5, 0.6) is 5.75 Å². The fraction of sp³-hybridized carbons (Fsp3) is 0.450. The van der Waals surface area contributed by atoms with Crippen molar-refractivity contribution in [2.45, 2.75) is 52.0 Å². The van der Waals surface area contributed by atoms with Gasteiger partial charge in [0, 0.05) is 12.1 Å². The topological polar surface area (TPSA) is 76.1 Å². The lowest BCUT2D eigenvalue weighted by Crippen LogP contribution is -2.36. The average Bonchev–Trinajstić information content (AvgIpc) is 2.64. The van der Waals surface area contributed by atoms with Crippen molar-refractivity contribution in [2.24, 2.45) is 0 Å². The standard InChI is InChI=1S/C20H26N4O2/c1-3-26-18-12-8-7-11-16(18)24-19-13-17(21-14(2)22-19)20(25)23-15-9-5-4-6-10-15/h7-8,11-13,15H,3-6,9-10H2,1-2H3,(H,23,25)(H,21,22,24). The van der Waals surface area contributed by atoms with Gasteiger partial charge >= 0.3 is 0 Å². The van der Waals surface area contributed by atoms with Gasteiger partial charge in [-0.25, -0.2) is 9.97 Å². The average molecular weight is 354 g/mol. The van der Waals surface area contributed by atoms with Crippen molar-refractivity contribution in [3.8, 4) is 5.75 Å². The Morgan fingerprint density at radius 2 is 1.96 bits per heavy atom. The molecule has 26 heavy (non-hydrogen) atoms. The van der Waals surface area contributed by atoms with E-state index in [-0.39, 0.29) is 11.9 Å². The summed E-state index contributed by atoms with van der Waals surface area (Å²) in [5.41, 5.74) is 1.20. The number of hydrogen-bond acceptors (Lipinski definition) is 5. The smallest absolute Gasteiger partial charge is 0.270 e. The van der Waals surface area contributed by atoms with Crippen molar-refractivity contribution >= 4 is 17.4 Å². The van der Waals surface area contributed by atoms with Crippen molar-refractivity contribution < 1.29 is 9.53 Å². The zero-order chi connectivity index (χ0) is 18.4. The highest BCUT2D eigenvalue weighted by atomic mass is 16.5. The highest BCUT2D eigenvalue weighted by Gasteiger charge is 2.18. The van der Waals surface area contributed by atoms with Crippen molar-refractivity contribution in [2.75, 3.05) is 11.9 Å². The summed E-state index contributed by atoms with van der Waals surface area (Å²) in [5, 5.41) is 6.34. The zero-order valence-corrected chi connectivity index (χ0v) is 15.4. The molecule has 1 saturated carbocycles. The number of aromatic nitrogens is 2. The molecule has 1 aromatic carbocycles. The van der Waals surface area contributed by atoms with Crippen LogP contribution in [0.1, 0.15) is 55.3 Å². The number of para-hydroxylation sites is 2. The number of nitrogens with one attached hydrogen (secondary N) is 2. The van der Waals surface area contributed by atoms with Gasteiger partial charge in [-0.2, -0.15) is 0 Å². The Hall–Kier alpha value is -2.63. The molecule has 6 nitrogen and oxygen atoms in total. The van der Waals surface area contributed by atoms with Crippen LogP contribution in [0.25, 0.3) is 0 Å². The largest absolute Gasteiger partial charge is 0.492 e. The predicted octanol–water partition coefficient (Wildman–Crippen LogP) is 3.99. The maximum atomic E-state index is 12.6. The molecule has 3 rings (SSSR count). The molecule has 138 valence electrons. The highest BCUT2D eigenvalue weighted by molar-refractivity contribution is 5.93. The van der Waals surface area contributed by atoms with Gasteiger partial charge in [0.05, 0.1) is 12.3 Å². The lowest BCUT2D eigenvalue weighted by molar-refractivity contribution is 0.0922. The first kappa shape index (κ1) is 18.2. The number of aryl methyl sites for hydroxylation is 1. The van der Waals surface area contributed by atoms with Crippen molar-refractivity contribution in [1.29, 1.82) is 0 Å². The number of benzene rings is 1. The number of carbonyl (C=O) groups excluding carboxylic acids is 1. The zero-order valence-electron chi connectivity index (χ0n) is 15.4. The summed E-state index contributed by atoms with van der Waals surface area (Å²) >= 11 is 0. The number of anilines is 2. The number of nitrogens with zero attached hydrogens (tertiary/aromatic N) is 2. The first-order chi connectivity index (χ1) is 12.7. The molecule has 0 spiro atoms.